The fourth-order valence-electron chi connectivity index (χ4n) is 2.23. The number of carbonyl (C=O) groups is 3. The maximum atomic E-state index is 12.4. The smallest absolute Gasteiger partial charge is 0.340 e. The van der Waals surface area contributed by atoms with Crippen LogP contribution in [0.25, 0.3) is 0 Å². The Bertz CT molecular complexity index is 749. The van der Waals surface area contributed by atoms with E-state index in [1.54, 1.807) is 67.6 Å². The quantitative estimate of drug-likeness (QED) is 0.685. The van der Waals surface area contributed by atoms with Crippen LogP contribution < -0.4 is 10.6 Å². The molecule has 0 aromatic heterocycles. The Hall–Kier alpha value is -3.19. The summed E-state index contributed by atoms with van der Waals surface area (Å²) < 4.78 is 5.21. The van der Waals surface area contributed by atoms with Crippen LogP contribution in [0, 0.1) is 0 Å². The van der Waals surface area contributed by atoms with Crippen molar-refractivity contribution in [1.29, 1.82) is 0 Å². The van der Waals surface area contributed by atoms with Crippen LogP contribution in [0.2, 0.25) is 0 Å². The number of aliphatic hydroxyl groups excluding tert-OH is 1. The van der Waals surface area contributed by atoms with E-state index in [9.17, 15) is 19.5 Å². The molecule has 2 aromatic carbocycles. The first-order valence-electron chi connectivity index (χ1n) is 8.10. The van der Waals surface area contributed by atoms with Crippen molar-refractivity contribution >= 4 is 17.9 Å². The Morgan fingerprint density at radius 1 is 0.962 bits per heavy atom. The van der Waals surface area contributed by atoms with Crippen LogP contribution in [0.15, 0.2) is 60.7 Å². The normalized spacial score (nSPS) is 12.5. The summed E-state index contributed by atoms with van der Waals surface area (Å²) in [7, 11) is 0. The molecular weight excluding hydrogens is 336 g/mol. The molecule has 2 atom stereocenters. The molecule has 0 saturated carbocycles. The predicted molar refractivity (Wildman–Crippen MR) is 93.9 cm³/mol. The molecule has 0 aliphatic rings. The summed E-state index contributed by atoms with van der Waals surface area (Å²) in [5.74, 6) is -1.80. The molecule has 0 bridgehead atoms. The highest BCUT2D eigenvalue weighted by Crippen LogP contribution is 2.22. The minimum Gasteiger partial charge on any atom is -0.445 e. The zero-order chi connectivity index (χ0) is 18.9. The average molecular weight is 356 g/mol. The molecule has 2 rings (SSSR count). The highest BCUT2D eigenvalue weighted by Gasteiger charge is 2.29. The first kappa shape index (κ1) is 19.1. The Labute approximate surface area is 151 Å². The molecule has 2 aromatic rings. The van der Waals surface area contributed by atoms with Gasteiger partial charge in [0.25, 0.3) is 5.91 Å². The number of ether oxygens (including phenoxy) is 1. The van der Waals surface area contributed by atoms with Crippen molar-refractivity contribution in [3.8, 4) is 0 Å². The Morgan fingerprint density at radius 2 is 1.50 bits per heavy atom. The third-order valence-electron chi connectivity index (χ3n) is 3.49. The molecule has 3 amide bonds. The SMILES string of the molecule is CCNC(=O)NC(=O)[C@@H](OC(=O)[C@H](O)c1ccccc1)c1ccccc1. The molecule has 0 fully saturated rings. The summed E-state index contributed by atoms with van der Waals surface area (Å²) in [4.78, 5) is 36.3. The lowest BCUT2D eigenvalue weighted by Crippen LogP contribution is -2.42. The van der Waals surface area contributed by atoms with Crippen LogP contribution in [-0.4, -0.2) is 29.6 Å². The van der Waals surface area contributed by atoms with Crippen LogP contribution >= 0.6 is 0 Å². The molecule has 0 spiro atoms. The lowest BCUT2D eigenvalue weighted by Gasteiger charge is -2.19. The minimum absolute atomic E-state index is 0.335. The number of amides is 3. The molecule has 7 heteroatoms. The van der Waals surface area contributed by atoms with Gasteiger partial charge in [0.1, 0.15) is 0 Å². The first-order valence-corrected chi connectivity index (χ1v) is 8.10. The Balaban J connectivity index is 2.17. The number of imide groups is 1. The van der Waals surface area contributed by atoms with Crippen molar-refractivity contribution < 1.29 is 24.2 Å². The fraction of sp³-hybridized carbons (Fsp3) is 0.211. The zero-order valence-corrected chi connectivity index (χ0v) is 14.2. The number of urea groups is 1. The van der Waals surface area contributed by atoms with Gasteiger partial charge in [-0.05, 0) is 12.5 Å². The van der Waals surface area contributed by atoms with Crippen LogP contribution in [-0.2, 0) is 14.3 Å². The van der Waals surface area contributed by atoms with Crippen molar-refractivity contribution in [2.24, 2.45) is 0 Å². The second-order valence-electron chi connectivity index (χ2n) is 5.39. The number of aliphatic hydroxyl groups is 1. The summed E-state index contributed by atoms with van der Waals surface area (Å²) in [6, 6.07) is 15.8. The average Bonchev–Trinajstić information content (AvgIpc) is 2.66. The predicted octanol–water partition coefficient (Wildman–Crippen LogP) is 1.85. The van der Waals surface area contributed by atoms with Crippen molar-refractivity contribution in [2.45, 2.75) is 19.1 Å². The van der Waals surface area contributed by atoms with E-state index in [0.29, 0.717) is 17.7 Å². The fourth-order valence-corrected chi connectivity index (χ4v) is 2.23. The molecule has 7 nitrogen and oxygen atoms in total. The van der Waals surface area contributed by atoms with Crippen LogP contribution in [0.1, 0.15) is 30.3 Å². The van der Waals surface area contributed by atoms with E-state index < -0.39 is 30.1 Å². The van der Waals surface area contributed by atoms with E-state index in [0.717, 1.165) is 0 Å². The molecule has 0 unspecified atom stereocenters. The van der Waals surface area contributed by atoms with E-state index >= 15 is 0 Å². The third kappa shape index (κ3) is 5.15. The summed E-state index contributed by atoms with van der Waals surface area (Å²) in [6.07, 6.45) is -2.91. The third-order valence-corrected chi connectivity index (χ3v) is 3.49. The highest BCUT2D eigenvalue weighted by atomic mass is 16.6. The van der Waals surface area contributed by atoms with E-state index in [4.69, 9.17) is 4.74 Å². The van der Waals surface area contributed by atoms with Crippen molar-refractivity contribution in [1.82, 2.24) is 10.6 Å². The van der Waals surface area contributed by atoms with Gasteiger partial charge in [0, 0.05) is 12.1 Å². The number of benzene rings is 2. The maximum absolute atomic E-state index is 12.4. The van der Waals surface area contributed by atoms with E-state index in [-0.39, 0.29) is 0 Å². The molecule has 0 radical (unpaired) electrons. The van der Waals surface area contributed by atoms with Crippen LogP contribution in [0.5, 0.6) is 0 Å². The number of esters is 1. The highest BCUT2D eigenvalue weighted by molar-refractivity contribution is 5.98. The summed E-state index contributed by atoms with van der Waals surface area (Å²) in [6.45, 7) is 2.04. The summed E-state index contributed by atoms with van der Waals surface area (Å²) >= 11 is 0. The van der Waals surface area contributed by atoms with Gasteiger partial charge in [-0.25, -0.2) is 9.59 Å². The number of hydrogen-bond donors (Lipinski definition) is 3. The van der Waals surface area contributed by atoms with Gasteiger partial charge in [-0.15, -0.1) is 0 Å². The first-order chi connectivity index (χ1) is 12.5. The van der Waals surface area contributed by atoms with Gasteiger partial charge < -0.3 is 15.2 Å². The van der Waals surface area contributed by atoms with Gasteiger partial charge in [-0.2, -0.15) is 0 Å². The van der Waals surface area contributed by atoms with Crippen LogP contribution in [0.3, 0.4) is 0 Å². The van der Waals surface area contributed by atoms with Gasteiger partial charge in [0.15, 0.2) is 6.10 Å². The lowest BCUT2D eigenvalue weighted by atomic mass is 10.1. The lowest BCUT2D eigenvalue weighted by molar-refractivity contribution is -0.164. The maximum Gasteiger partial charge on any atom is 0.340 e. The molecule has 0 aliphatic carbocycles. The van der Waals surface area contributed by atoms with E-state index in [1.165, 1.54) is 0 Å². The van der Waals surface area contributed by atoms with Gasteiger partial charge in [0.05, 0.1) is 0 Å². The standard InChI is InChI=1S/C19H20N2O5/c1-2-20-19(25)21-17(23)16(14-11-7-4-8-12-14)26-18(24)15(22)13-9-5-3-6-10-13/h3-12,15-16,22H,2H2,1H3,(H2,20,21,23,25)/t15-,16+/m1/s1. The number of carbonyl (C=O) groups excluding carboxylic acids is 3. The second-order valence-corrected chi connectivity index (χ2v) is 5.39. The van der Waals surface area contributed by atoms with Gasteiger partial charge in [-0.3, -0.25) is 10.1 Å². The van der Waals surface area contributed by atoms with Gasteiger partial charge in [0.2, 0.25) is 6.10 Å². The summed E-state index contributed by atoms with van der Waals surface area (Å²) in [5.41, 5.74) is 0.719. The Kier molecular flexibility index (Phi) is 6.87. The molecule has 0 aliphatic heterocycles. The Morgan fingerprint density at radius 3 is 2.04 bits per heavy atom. The number of nitrogens with one attached hydrogen (secondary N) is 2. The molecule has 0 saturated heterocycles. The summed E-state index contributed by atoms with van der Waals surface area (Å²) in [5, 5.41) is 14.7. The van der Waals surface area contributed by atoms with Crippen LogP contribution in [0.4, 0.5) is 4.79 Å². The van der Waals surface area contributed by atoms with Crippen molar-refractivity contribution in [2.75, 3.05) is 6.54 Å². The number of hydrogen-bond acceptors (Lipinski definition) is 5. The minimum atomic E-state index is -1.54. The van der Waals surface area contributed by atoms with E-state index in [2.05, 4.69) is 10.6 Å². The largest absolute Gasteiger partial charge is 0.445 e. The molecule has 26 heavy (non-hydrogen) atoms. The number of rotatable bonds is 6. The molecule has 136 valence electrons. The molecule has 0 heterocycles. The van der Waals surface area contributed by atoms with E-state index in [1.807, 2.05) is 0 Å². The monoisotopic (exact) mass is 356 g/mol. The molecular formula is C19H20N2O5. The topological polar surface area (TPSA) is 105 Å². The second kappa shape index (κ2) is 9.33. The van der Waals surface area contributed by atoms with Crippen molar-refractivity contribution in [3.63, 3.8) is 0 Å². The van der Waals surface area contributed by atoms with Gasteiger partial charge >= 0.3 is 12.0 Å². The van der Waals surface area contributed by atoms with Gasteiger partial charge in [-0.1, -0.05) is 60.7 Å². The van der Waals surface area contributed by atoms with Crippen molar-refractivity contribution in [3.05, 3.63) is 71.8 Å². The molecule has 3 N–H and O–H groups in total. The zero-order valence-electron chi connectivity index (χ0n) is 14.2.